The van der Waals surface area contributed by atoms with Crippen molar-refractivity contribution in [2.75, 3.05) is 61.4 Å². The highest BCUT2D eigenvalue weighted by molar-refractivity contribution is 5.99. The fourth-order valence-corrected chi connectivity index (χ4v) is 10.8. The molecule has 3 rings (SSSR count). The summed E-state index contributed by atoms with van der Waals surface area (Å²) in [6.07, 6.45) is 1.66. The maximum atomic E-state index is 14.6. The number of carbonyl (C=O) groups is 13. The van der Waals surface area contributed by atoms with Crippen LogP contribution in [0.2, 0.25) is 0 Å². The molecule has 2 aliphatic rings. The lowest BCUT2D eigenvalue weighted by Gasteiger charge is -2.39. The van der Waals surface area contributed by atoms with E-state index in [0.717, 1.165) is 29.1 Å². The number of primary amides is 1. The Balaban J connectivity index is 1.75. The van der Waals surface area contributed by atoms with Crippen LogP contribution in [0.4, 0.5) is 4.79 Å². The molecule has 2 saturated heterocycles. The summed E-state index contributed by atoms with van der Waals surface area (Å²) in [6.45, 7) is 17.0. The van der Waals surface area contributed by atoms with Crippen molar-refractivity contribution in [1.29, 1.82) is 0 Å². The summed E-state index contributed by atoms with van der Waals surface area (Å²) in [5.74, 6) is -8.63. The Kier molecular flexibility index (Phi) is 28.6. The highest BCUT2D eigenvalue weighted by atomic mass is 16.4. The van der Waals surface area contributed by atoms with E-state index < -0.39 is 156 Å². The van der Waals surface area contributed by atoms with E-state index in [-0.39, 0.29) is 44.1 Å². The first-order valence-electron chi connectivity index (χ1n) is 30.0. The number of rotatable bonds is 30. The van der Waals surface area contributed by atoms with E-state index in [1.54, 1.807) is 49.1 Å². The van der Waals surface area contributed by atoms with Gasteiger partial charge in [0.2, 0.25) is 70.9 Å². The molecule has 10 atom stereocenters. The number of benzene rings is 1. The van der Waals surface area contributed by atoms with Gasteiger partial charge in [-0.2, -0.15) is 0 Å². The van der Waals surface area contributed by atoms with Crippen molar-refractivity contribution in [1.82, 2.24) is 60.9 Å². The Morgan fingerprint density at radius 1 is 0.563 bits per heavy atom. The van der Waals surface area contributed by atoms with E-state index in [0.29, 0.717) is 25.1 Å². The van der Waals surface area contributed by atoms with Gasteiger partial charge >= 0.3 is 6.09 Å². The molecular weight excluding hydrogens is 1130 g/mol. The Bertz CT molecular complexity index is 2620. The van der Waals surface area contributed by atoms with Crippen LogP contribution in [0.25, 0.3) is 0 Å². The molecule has 486 valence electrons. The van der Waals surface area contributed by atoms with Gasteiger partial charge in [0.15, 0.2) is 0 Å². The third kappa shape index (κ3) is 21.2. The predicted molar refractivity (Wildman–Crippen MR) is 322 cm³/mol. The van der Waals surface area contributed by atoms with Gasteiger partial charge in [-0.15, -0.1) is 0 Å². The number of carbonyl (C=O) groups excluding carboxylic acids is 12. The number of nitrogens with two attached hydrogens (primary N) is 1. The summed E-state index contributed by atoms with van der Waals surface area (Å²) in [4.78, 5) is 185. The maximum absolute atomic E-state index is 14.6. The standard InChI is InChI=1S/C60H97N13O14/c1-34(2)29-42(66-51(77)40(10)68(12)60(86)87)56(82)67(11)33-48(75)62-37(7)50(76)65-43(30-35(3)4)57(83)69(13)45(31-41-23-18-16-19-24-41)53(79)64-39(9)55(81)73-28-22-25-44(73)52(78)63-38(8)54(80)71(15)49(36(5)6)59(85)70(14)46(32-47(61)74)58(84)72-26-20-17-21-27-72/h16,18-19,23-24,34-40,42-46,49H,17,20-22,25-33H2,1-15H3,(H2,61,74)(H,62,75)(H,63,78)(H,64,79)(H,65,76)(H,66,77)(H,86,87)/t37-,38-,39-,40-,42-,43-,44-,45-,46-,49-/m0/s1. The first kappa shape index (κ1) is 73.4. The minimum Gasteiger partial charge on any atom is -0.465 e. The van der Waals surface area contributed by atoms with Gasteiger partial charge in [0.1, 0.15) is 60.4 Å². The highest BCUT2D eigenvalue weighted by Crippen LogP contribution is 2.23. The van der Waals surface area contributed by atoms with E-state index in [4.69, 9.17) is 5.73 Å². The molecule has 0 saturated carbocycles. The minimum absolute atomic E-state index is 0.0175. The second-order valence-corrected chi connectivity index (χ2v) is 24.4. The van der Waals surface area contributed by atoms with E-state index in [1.165, 1.54) is 82.5 Å². The van der Waals surface area contributed by atoms with Crippen molar-refractivity contribution < 1.29 is 67.4 Å². The smallest absolute Gasteiger partial charge is 0.407 e. The monoisotopic (exact) mass is 1220 g/mol. The molecule has 0 aliphatic carbocycles. The summed E-state index contributed by atoms with van der Waals surface area (Å²) < 4.78 is 0. The molecule has 8 N–H and O–H groups in total. The summed E-state index contributed by atoms with van der Waals surface area (Å²) in [5, 5.41) is 22.6. The number of likely N-dealkylation sites (tertiary alicyclic amines) is 2. The lowest BCUT2D eigenvalue weighted by Crippen LogP contribution is -2.60. The zero-order valence-corrected chi connectivity index (χ0v) is 53.5. The Hall–Kier alpha value is -7.87. The van der Waals surface area contributed by atoms with Gasteiger partial charge in [-0.25, -0.2) is 4.79 Å². The SMILES string of the molecule is CC(C)C[C@H](NC(=O)[C@H](C)N(C)C(=O)O)C(=O)N(C)CC(=O)N[C@@H](C)C(=O)N[C@@H](CC(C)C)C(=O)N(C)[C@@H](Cc1ccccc1)C(=O)N[C@@H](C)C(=O)N1CCC[C@H]1C(=O)N[C@@H](C)C(=O)N(C)[C@H](C(=O)N(C)[C@@H](CC(N)=O)C(=O)N1CCCCC1)C(C)C. The number of likely N-dealkylation sites (N-methyl/N-ethyl adjacent to an activating group) is 5. The van der Waals surface area contributed by atoms with Crippen molar-refractivity contribution in [2.45, 2.75) is 187 Å². The third-order valence-electron chi connectivity index (χ3n) is 15.9. The van der Waals surface area contributed by atoms with Crippen LogP contribution in [0.5, 0.6) is 0 Å². The van der Waals surface area contributed by atoms with Crippen LogP contribution in [0.3, 0.4) is 0 Å². The zero-order chi connectivity index (χ0) is 65.9. The minimum atomic E-state index is -1.34. The van der Waals surface area contributed by atoms with E-state index in [2.05, 4.69) is 26.6 Å². The van der Waals surface area contributed by atoms with Crippen LogP contribution in [-0.4, -0.2) is 238 Å². The maximum Gasteiger partial charge on any atom is 0.407 e. The molecule has 1 aromatic rings. The summed E-state index contributed by atoms with van der Waals surface area (Å²) in [6, 6.07) is -2.88. The molecule has 0 unspecified atom stereocenters. The molecule has 2 aliphatic heterocycles. The first-order chi connectivity index (χ1) is 40.6. The van der Waals surface area contributed by atoms with Crippen molar-refractivity contribution in [3.63, 3.8) is 0 Å². The largest absolute Gasteiger partial charge is 0.465 e. The molecule has 2 heterocycles. The van der Waals surface area contributed by atoms with Gasteiger partial charge < -0.3 is 66.8 Å². The van der Waals surface area contributed by atoms with Gasteiger partial charge in [0.05, 0.1) is 13.0 Å². The molecule has 0 spiro atoms. The van der Waals surface area contributed by atoms with Crippen molar-refractivity contribution in [3.05, 3.63) is 35.9 Å². The van der Waals surface area contributed by atoms with Gasteiger partial charge in [0.25, 0.3) is 0 Å². The second kappa shape index (κ2) is 33.9. The quantitative estimate of drug-likeness (QED) is 0.0544. The van der Waals surface area contributed by atoms with Crippen molar-refractivity contribution >= 4 is 77.0 Å². The second-order valence-electron chi connectivity index (χ2n) is 24.4. The fraction of sp³-hybridized carbons (Fsp3) is 0.683. The van der Waals surface area contributed by atoms with Crippen LogP contribution in [0.1, 0.15) is 126 Å². The summed E-state index contributed by atoms with van der Waals surface area (Å²) >= 11 is 0. The number of hydrogen-bond acceptors (Lipinski definition) is 13. The molecule has 0 bridgehead atoms. The van der Waals surface area contributed by atoms with Crippen molar-refractivity contribution in [3.8, 4) is 0 Å². The number of amides is 13. The van der Waals surface area contributed by atoms with Crippen LogP contribution in [0.15, 0.2) is 30.3 Å². The Labute approximate surface area is 511 Å². The average Bonchev–Trinajstić information content (AvgIpc) is 4.22. The average molecular weight is 1220 g/mol. The number of piperidine rings is 1. The molecular formula is C60H97N13O14. The van der Waals surface area contributed by atoms with Gasteiger partial charge in [-0.1, -0.05) is 71.9 Å². The van der Waals surface area contributed by atoms with E-state index in [1.807, 2.05) is 27.7 Å². The van der Waals surface area contributed by atoms with Gasteiger partial charge in [-0.05, 0) is 96.0 Å². The molecule has 2 fully saturated rings. The van der Waals surface area contributed by atoms with Crippen molar-refractivity contribution in [2.24, 2.45) is 23.5 Å². The molecule has 0 aromatic heterocycles. The summed E-state index contributed by atoms with van der Waals surface area (Å²) in [7, 11) is 6.76. The topological polar surface area (TPSA) is 351 Å². The molecule has 87 heavy (non-hydrogen) atoms. The van der Waals surface area contributed by atoms with Gasteiger partial charge in [0, 0.05) is 61.3 Å². The number of nitrogens with zero attached hydrogens (tertiary/aromatic N) is 7. The molecule has 13 amide bonds. The Morgan fingerprint density at radius 3 is 1.66 bits per heavy atom. The van der Waals surface area contributed by atoms with Gasteiger partial charge in [-0.3, -0.25) is 62.4 Å². The lowest BCUT2D eigenvalue weighted by atomic mass is 9.98. The van der Waals surface area contributed by atoms with Crippen LogP contribution >= 0.6 is 0 Å². The first-order valence-corrected chi connectivity index (χ1v) is 30.0. The third-order valence-corrected chi connectivity index (χ3v) is 15.9. The van der Waals surface area contributed by atoms with E-state index >= 15 is 0 Å². The van der Waals surface area contributed by atoms with Crippen LogP contribution in [-0.2, 0) is 64.0 Å². The van der Waals surface area contributed by atoms with E-state index in [9.17, 15) is 67.4 Å². The Morgan fingerprint density at radius 2 is 1.11 bits per heavy atom. The number of carboxylic acid groups (broad SMARTS) is 1. The normalized spacial score (nSPS) is 17.2. The zero-order valence-electron chi connectivity index (χ0n) is 53.5. The molecule has 27 heteroatoms. The molecule has 27 nitrogen and oxygen atoms in total. The van der Waals surface area contributed by atoms with Crippen LogP contribution < -0.4 is 32.3 Å². The molecule has 1 aromatic carbocycles. The fourth-order valence-electron chi connectivity index (χ4n) is 10.8. The summed E-state index contributed by atoms with van der Waals surface area (Å²) in [5.41, 5.74) is 6.21. The molecule has 0 radical (unpaired) electrons. The predicted octanol–water partition coefficient (Wildman–Crippen LogP) is 0.278. The van der Waals surface area contributed by atoms with Crippen LogP contribution in [0, 0.1) is 17.8 Å². The lowest BCUT2D eigenvalue weighted by molar-refractivity contribution is -0.153. The highest BCUT2D eigenvalue weighted by Gasteiger charge is 2.43. The number of nitrogens with one attached hydrogen (secondary N) is 5. The number of hydrogen-bond donors (Lipinski definition) is 7.